The molecule has 10 rings (SSSR count). The number of nitrogens with one attached hydrogen (secondary N) is 1. The molecular formula is C52H47N5O6Si. The van der Waals surface area contributed by atoms with Gasteiger partial charge in [0, 0.05) is 12.0 Å². The molecule has 0 spiro atoms. The van der Waals surface area contributed by atoms with E-state index in [1.807, 2.05) is 65.2 Å². The number of anilines is 1. The highest BCUT2D eigenvalue weighted by Crippen LogP contribution is 2.50. The van der Waals surface area contributed by atoms with Crippen molar-refractivity contribution in [3.63, 3.8) is 0 Å². The number of aromatic nitrogens is 4. The quantitative estimate of drug-likeness (QED) is 0.0902. The molecule has 3 atom stereocenters. The van der Waals surface area contributed by atoms with E-state index in [-0.39, 0.29) is 12.5 Å². The van der Waals surface area contributed by atoms with E-state index < -0.39 is 31.9 Å². The lowest BCUT2D eigenvalue weighted by molar-refractivity contribution is -0.164. The van der Waals surface area contributed by atoms with Crippen molar-refractivity contribution in [3.8, 4) is 11.5 Å². The van der Waals surface area contributed by atoms with Gasteiger partial charge in [-0.1, -0.05) is 133 Å². The maximum atomic E-state index is 13.3. The first kappa shape index (κ1) is 41.1. The minimum absolute atomic E-state index is 0.176. The minimum atomic E-state index is -2.84. The van der Waals surface area contributed by atoms with Gasteiger partial charge in [0.05, 0.1) is 33.3 Å². The lowest BCUT2D eigenvalue weighted by Gasteiger charge is -2.48. The van der Waals surface area contributed by atoms with Gasteiger partial charge in [0.2, 0.25) is 0 Å². The van der Waals surface area contributed by atoms with Gasteiger partial charge in [-0.2, -0.15) is 0 Å². The summed E-state index contributed by atoms with van der Waals surface area (Å²) < 4.78 is 36.0. The summed E-state index contributed by atoms with van der Waals surface area (Å²) in [5.41, 5.74) is 2.27. The van der Waals surface area contributed by atoms with Gasteiger partial charge in [0.25, 0.3) is 14.2 Å². The molecule has 0 unspecified atom stereocenters. The Morgan fingerprint density at radius 2 is 1.27 bits per heavy atom. The van der Waals surface area contributed by atoms with Crippen molar-refractivity contribution >= 4 is 41.6 Å². The fourth-order valence-electron chi connectivity index (χ4n) is 9.46. The van der Waals surface area contributed by atoms with Crippen molar-refractivity contribution in [2.45, 2.75) is 42.4 Å². The van der Waals surface area contributed by atoms with Crippen LogP contribution < -0.4 is 25.2 Å². The number of imidazole rings is 1. The first-order valence-corrected chi connectivity index (χ1v) is 23.6. The average molecular weight is 866 g/mol. The lowest BCUT2D eigenvalue weighted by atomic mass is 9.79. The van der Waals surface area contributed by atoms with Crippen LogP contribution in [0, 0.1) is 0 Å². The molecule has 8 aromatic rings. The third kappa shape index (κ3) is 7.33. The van der Waals surface area contributed by atoms with Crippen LogP contribution in [0.3, 0.4) is 0 Å². The van der Waals surface area contributed by atoms with Gasteiger partial charge < -0.3 is 28.7 Å². The van der Waals surface area contributed by atoms with Gasteiger partial charge in [-0.3, -0.25) is 9.36 Å². The average Bonchev–Trinajstić information content (AvgIpc) is 3.98. The van der Waals surface area contributed by atoms with E-state index in [9.17, 15) is 4.79 Å². The summed E-state index contributed by atoms with van der Waals surface area (Å²) in [7, 11) is 0.491. The number of nitrogens with zero attached hydrogens (tertiary/aromatic N) is 4. The first-order valence-electron chi connectivity index (χ1n) is 21.4. The van der Waals surface area contributed by atoms with Crippen LogP contribution in [0.2, 0.25) is 6.04 Å². The molecule has 4 heterocycles. The maximum Gasteiger partial charge on any atom is 0.256 e. The summed E-state index contributed by atoms with van der Waals surface area (Å²) in [6.07, 6.45) is 3.35. The molecule has 6 aromatic carbocycles. The Morgan fingerprint density at radius 3 is 1.84 bits per heavy atom. The SMILES string of the molecule is COc1ccc(C(OC[C@]23CC[Si](c4ccccc4)(c4ccccc4)O[C@H]2C[C@H](n2cnc4c(NC(=O)c5ccccc5)ncnc42)O3)(c2ccccc2)c2ccc(OC)cc2)cc1. The fourth-order valence-corrected chi connectivity index (χ4v) is 13.8. The molecule has 1 amide bonds. The van der Waals surface area contributed by atoms with Crippen LogP contribution in [0.5, 0.6) is 11.5 Å². The van der Waals surface area contributed by atoms with Crippen LogP contribution >= 0.6 is 0 Å². The maximum absolute atomic E-state index is 13.3. The molecule has 2 aliphatic heterocycles. The Hall–Kier alpha value is -6.96. The number of fused-ring (bicyclic) bond motifs is 2. The highest BCUT2D eigenvalue weighted by Gasteiger charge is 2.60. The highest BCUT2D eigenvalue weighted by atomic mass is 28.4. The van der Waals surface area contributed by atoms with Crippen LogP contribution in [0.1, 0.15) is 46.1 Å². The molecule has 11 nitrogen and oxygen atoms in total. The Labute approximate surface area is 372 Å². The van der Waals surface area contributed by atoms with E-state index in [4.69, 9.17) is 33.3 Å². The molecule has 12 heteroatoms. The van der Waals surface area contributed by atoms with Crippen molar-refractivity contribution in [1.29, 1.82) is 0 Å². The third-order valence-corrected chi connectivity index (χ3v) is 16.9. The van der Waals surface area contributed by atoms with Crippen molar-refractivity contribution in [2.24, 2.45) is 0 Å². The number of amides is 1. The topological polar surface area (TPSA) is 119 Å². The number of carbonyl (C=O) groups is 1. The monoisotopic (exact) mass is 865 g/mol. The number of hydrogen-bond acceptors (Lipinski definition) is 9. The van der Waals surface area contributed by atoms with Crippen LogP contribution in [-0.2, 0) is 19.5 Å². The summed E-state index contributed by atoms with van der Waals surface area (Å²) in [4.78, 5) is 27.2. The van der Waals surface area contributed by atoms with Crippen molar-refractivity contribution < 1.29 is 28.2 Å². The number of benzene rings is 6. The van der Waals surface area contributed by atoms with Crippen LogP contribution in [0.4, 0.5) is 5.82 Å². The number of methoxy groups -OCH3 is 2. The number of rotatable bonds is 13. The van der Waals surface area contributed by atoms with E-state index in [1.165, 1.54) is 16.7 Å². The fraction of sp³-hybridized carbons (Fsp3) is 0.192. The molecule has 2 saturated heterocycles. The van der Waals surface area contributed by atoms with E-state index in [0.29, 0.717) is 35.4 Å². The predicted molar refractivity (Wildman–Crippen MR) is 248 cm³/mol. The van der Waals surface area contributed by atoms with E-state index >= 15 is 0 Å². The van der Waals surface area contributed by atoms with Crippen LogP contribution in [-0.4, -0.2) is 66.3 Å². The Kier molecular flexibility index (Phi) is 11.1. The largest absolute Gasteiger partial charge is 0.497 e. The summed E-state index contributed by atoms with van der Waals surface area (Å²) in [5, 5.41) is 5.35. The Morgan fingerprint density at radius 1 is 0.719 bits per heavy atom. The van der Waals surface area contributed by atoms with Gasteiger partial charge in [-0.15, -0.1) is 0 Å². The lowest BCUT2D eigenvalue weighted by Crippen LogP contribution is -2.68. The zero-order valence-electron chi connectivity index (χ0n) is 35.5. The van der Waals surface area contributed by atoms with E-state index in [0.717, 1.165) is 34.2 Å². The molecule has 0 saturated carbocycles. The smallest absolute Gasteiger partial charge is 0.256 e. The summed E-state index contributed by atoms with van der Waals surface area (Å²) in [5.74, 6) is 1.50. The van der Waals surface area contributed by atoms with E-state index in [1.54, 1.807) is 32.7 Å². The van der Waals surface area contributed by atoms with Gasteiger partial charge in [-0.05, 0) is 75.9 Å². The molecule has 0 bridgehead atoms. The van der Waals surface area contributed by atoms with Gasteiger partial charge in [-0.25, -0.2) is 15.0 Å². The second-order valence-electron chi connectivity index (χ2n) is 16.2. The summed E-state index contributed by atoms with van der Waals surface area (Å²) >= 11 is 0. The zero-order valence-corrected chi connectivity index (χ0v) is 36.5. The minimum Gasteiger partial charge on any atom is -0.497 e. The molecule has 2 fully saturated rings. The molecule has 64 heavy (non-hydrogen) atoms. The third-order valence-electron chi connectivity index (χ3n) is 12.7. The molecule has 320 valence electrons. The second-order valence-corrected chi connectivity index (χ2v) is 19.7. The van der Waals surface area contributed by atoms with Crippen LogP contribution in [0.15, 0.2) is 183 Å². The molecule has 0 aliphatic carbocycles. The van der Waals surface area contributed by atoms with Crippen molar-refractivity contribution in [2.75, 3.05) is 26.1 Å². The predicted octanol–water partition coefficient (Wildman–Crippen LogP) is 8.31. The van der Waals surface area contributed by atoms with Crippen molar-refractivity contribution in [1.82, 2.24) is 19.5 Å². The Balaban J connectivity index is 1.08. The van der Waals surface area contributed by atoms with Gasteiger partial charge in [0.15, 0.2) is 17.0 Å². The first-order chi connectivity index (χ1) is 31.4. The number of ether oxygens (including phenoxy) is 4. The molecule has 1 N–H and O–H groups in total. The molecule has 2 aliphatic rings. The molecular weight excluding hydrogens is 819 g/mol. The van der Waals surface area contributed by atoms with Gasteiger partial charge >= 0.3 is 0 Å². The standard InChI is InChI=1S/C52H47N5O6Si/c1-59-41-27-23-39(24-28-41)52(38-17-9-4-10-18-38,40-25-29-42(60-2)30-26-40)61-34-51-31-32-64(43-19-11-5-12-20-43,44-21-13-6-14-22-44)63-45(51)33-46(62-51)57-36-55-47-48(53-35-54-49(47)57)56-50(58)37-15-7-3-8-16-37/h3-30,35-36,45-46H,31-34H2,1-2H3,(H,53,54,56,58)/t45-,46+,51+/m0/s1. The van der Waals surface area contributed by atoms with E-state index in [2.05, 4.69) is 107 Å². The Bertz CT molecular complexity index is 2760. The second kappa shape index (κ2) is 17.3. The van der Waals surface area contributed by atoms with Gasteiger partial charge in [0.1, 0.15) is 35.3 Å². The van der Waals surface area contributed by atoms with Crippen molar-refractivity contribution in [3.05, 3.63) is 205 Å². The summed E-state index contributed by atoms with van der Waals surface area (Å²) in [6.45, 7) is 0.176. The summed E-state index contributed by atoms with van der Waals surface area (Å²) in [6, 6.07) is 57.5. The normalized spacial score (nSPS) is 19.2. The molecule has 2 aromatic heterocycles. The zero-order chi connectivity index (χ0) is 43.6. The van der Waals surface area contributed by atoms with Crippen LogP contribution in [0.25, 0.3) is 11.2 Å². The number of carbonyl (C=O) groups excluding carboxylic acids is 1. The molecule has 0 radical (unpaired) electrons. The number of hydrogen-bond donors (Lipinski definition) is 1. The highest BCUT2D eigenvalue weighted by molar-refractivity contribution is 6.97.